The quantitative estimate of drug-likeness (QED) is 0.653. The van der Waals surface area contributed by atoms with Crippen LogP contribution in [0, 0.1) is 10.1 Å². The lowest BCUT2D eigenvalue weighted by atomic mass is 10.2. The molecule has 21 heavy (non-hydrogen) atoms. The van der Waals surface area contributed by atoms with Crippen molar-refractivity contribution in [1.29, 1.82) is 0 Å². The third-order valence-corrected chi connectivity index (χ3v) is 2.90. The van der Waals surface area contributed by atoms with Gasteiger partial charge in [-0.1, -0.05) is 6.07 Å². The van der Waals surface area contributed by atoms with E-state index in [2.05, 4.69) is 10.3 Å². The number of aromatic nitrogens is 2. The maximum absolute atomic E-state index is 11.3. The number of imidazole rings is 1. The summed E-state index contributed by atoms with van der Waals surface area (Å²) in [7, 11) is 1.87. The number of ether oxygens (including phenoxy) is 1. The van der Waals surface area contributed by atoms with Gasteiger partial charge in [0, 0.05) is 19.4 Å². The highest BCUT2D eigenvalue weighted by molar-refractivity contribution is 5.68. The van der Waals surface area contributed by atoms with Gasteiger partial charge >= 0.3 is 5.69 Å². The van der Waals surface area contributed by atoms with Gasteiger partial charge in [-0.05, 0) is 26.0 Å². The van der Waals surface area contributed by atoms with Crippen molar-refractivity contribution in [1.82, 2.24) is 9.55 Å². The number of aryl methyl sites for hydroxylation is 1. The fraction of sp³-hybridized carbons (Fsp3) is 0.357. The average Bonchev–Trinajstić information content (AvgIpc) is 2.81. The van der Waals surface area contributed by atoms with E-state index in [1.54, 1.807) is 24.4 Å². The average molecular weight is 290 g/mol. The molecule has 7 heteroatoms. The van der Waals surface area contributed by atoms with E-state index in [9.17, 15) is 10.1 Å². The van der Waals surface area contributed by atoms with E-state index < -0.39 is 4.92 Å². The molecule has 1 aromatic carbocycles. The number of nitrogens with zero attached hydrogens (tertiary/aromatic N) is 3. The van der Waals surface area contributed by atoms with E-state index in [1.165, 1.54) is 0 Å². The molecule has 0 aliphatic carbocycles. The van der Waals surface area contributed by atoms with Gasteiger partial charge < -0.3 is 14.6 Å². The Hall–Kier alpha value is -2.57. The van der Waals surface area contributed by atoms with E-state index in [-0.39, 0.29) is 17.5 Å². The summed E-state index contributed by atoms with van der Waals surface area (Å²) in [5, 5.41) is 14.4. The van der Waals surface area contributed by atoms with Crippen LogP contribution in [0.3, 0.4) is 0 Å². The first-order valence-electron chi connectivity index (χ1n) is 6.63. The Bertz CT molecular complexity index is 637. The van der Waals surface area contributed by atoms with Crippen molar-refractivity contribution >= 4 is 11.4 Å². The van der Waals surface area contributed by atoms with Gasteiger partial charge in [0.05, 0.1) is 17.6 Å². The predicted molar refractivity (Wildman–Crippen MR) is 79.4 cm³/mol. The van der Waals surface area contributed by atoms with Gasteiger partial charge in [-0.15, -0.1) is 0 Å². The number of hydrogen-bond donors (Lipinski definition) is 1. The van der Waals surface area contributed by atoms with Crippen LogP contribution in [0.15, 0.2) is 30.6 Å². The fourth-order valence-corrected chi connectivity index (χ4v) is 1.94. The molecule has 0 radical (unpaired) electrons. The number of rotatable bonds is 6. The molecule has 0 fully saturated rings. The fourth-order valence-electron chi connectivity index (χ4n) is 1.94. The van der Waals surface area contributed by atoms with Crippen LogP contribution >= 0.6 is 0 Å². The zero-order valence-corrected chi connectivity index (χ0v) is 12.2. The molecule has 1 heterocycles. The molecule has 0 saturated carbocycles. The van der Waals surface area contributed by atoms with E-state index in [1.807, 2.05) is 31.7 Å². The number of nitro groups is 1. The SMILES string of the molecule is CC(C)Oc1cccc(NCc2nccn2C)c1[N+](=O)[O-]. The van der Waals surface area contributed by atoms with Crippen molar-refractivity contribution in [3.05, 3.63) is 46.5 Å². The van der Waals surface area contributed by atoms with Crippen LogP contribution in [0.5, 0.6) is 5.75 Å². The summed E-state index contributed by atoms with van der Waals surface area (Å²) < 4.78 is 7.36. The van der Waals surface area contributed by atoms with Crippen molar-refractivity contribution in [3.8, 4) is 5.75 Å². The Kier molecular flexibility index (Phi) is 4.42. The van der Waals surface area contributed by atoms with Crippen LogP contribution < -0.4 is 10.1 Å². The minimum atomic E-state index is -0.432. The number of nitrogens with one attached hydrogen (secondary N) is 1. The molecule has 0 spiro atoms. The molecule has 0 amide bonds. The van der Waals surface area contributed by atoms with Crippen molar-refractivity contribution in [2.45, 2.75) is 26.5 Å². The lowest BCUT2D eigenvalue weighted by Crippen LogP contribution is -2.10. The highest BCUT2D eigenvalue weighted by Crippen LogP contribution is 2.35. The van der Waals surface area contributed by atoms with Crippen molar-refractivity contribution < 1.29 is 9.66 Å². The number of para-hydroxylation sites is 1. The third-order valence-electron chi connectivity index (χ3n) is 2.90. The summed E-state index contributed by atoms with van der Waals surface area (Å²) in [6.07, 6.45) is 3.38. The van der Waals surface area contributed by atoms with Crippen molar-refractivity contribution in [3.63, 3.8) is 0 Å². The summed E-state index contributed by atoms with van der Waals surface area (Å²) in [6, 6.07) is 4.99. The third kappa shape index (κ3) is 3.50. The molecular weight excluding hydrogens is 272 g/mol. The summed E-state index contributed by atoms with van der Waals surface area (Å²) in [6.45, 7) is 4.06. The normalized spacial score (nSPS) is 10.7. The Morgan fingerprint density at radius 1 is 1.48 bits per heavy atom. The standard InChI is InChI=1S/C14H18N4O3/c1-10(2)21-12-6-4-5-11(14(12)18(19)20)16-9-13-15-7-8-17(13)3/h4-8,10,16H,9H2,1-3H3. The summed E-state index contributed by atoms with van der Waals surface area (Å²) >= 11 is 0. The second-order valence-electron chi connectivity index (χ2n) is 4.88. The van der Waals surface area contributed by atoms with Gasteiger partial charge in [0.15, 0.2) is 5.75 Å². The van der Waals surface area contributed by atoms with Gasteiger partial charge in [0.2, 0.25) is 0 Å². The maximum atomic E-state index is 11.3. The number of benzene rings is 1. The van der Waals surface area contributed by atoms with Gasteiger partial charge in [0.1, 0.15) is 11.5 Å². The smallest absolute Gasteiger partial charge is 0.333 e. The molecule has 2 rings (SSSR count). The minimum Gasteiger partial charge on any atom is -0.484 e. The molecular formula is C14H18N4O3. The summed E-state index contributed by atoms with van der Waals surface area (Å²) in [4.78, 5) is 15.1. The van der Waals surface area contributed by atoms with Crippen LogP contribution in [0.2, 0.25) is 0 Å². The van der Waals surface area contributed by atoms with Crippen LogP contribution in [0.25, 0.3) is 0 Å². The molecule has 0 atom stereocenters. The first kappa shape index (κ1) is 14.8. The van der Waals surface area contributed by atoms with Gasteiger partial charge in [-0.3, -0.25) is 10.1 Å². The van der Waals surface area contributed by atoms with Crippen LogP contribution in [0.4, 0.5) is 11.4 Å². The lowest BCUT2D eigenvalue weighted by molar-refractivity contribution is -0.385. The van der Waals surface area contributed by atoms with Gasteiger partial charge in [-0.2, -0.15) is 0 Å². The monoisotopic (exact) mass is 290 g/mol. The van der Waals surface area contributed by atoms with E-state index in [0.29, 0.717) is 12.2 Å². The van der Waals surface area contributed by atoms with Gasteiger partial charge in [-0.25, -0.2) is 4.98 Å². The van der Waals surface area contributed by atoms with E-state index in [0.717, 1.165) is 5.82 Å². The molecule has 7 nitrogen and oxygen atoms in total. The Morgan fingerprint density at radius 3 is 2.81 bits per heavy atom. The van der Waals surface area contributed by atoms with Crippen LogP contribution in [-0.4, -0.2) is 20.6 Å². The number of nitro benzene ring substituents is 1. The molecule has 1 aromatic heterocycles. The molecule has 0 aliphatic heterocycles. The Morgan fingerprint density at radius 2 is 2.24 bits per heavy atom. The highest BCUT2D eigenvalue weighted by Gasteiger charge is 2.21. The molecule has 0 unspecified atom stereocenters. The molecule has 2 aromatic rings. The van der Waals surface area contributed by atoms with Crippen LogP contribution in [-0.2, 0) is 13.6 Å². The zero-order valence-electron chi connectivity index (χ0n) is 12.2. The number of anilines is 1. The first-order valence-corrected chi connectivity index (χ1v) is 6.63. The summed E-state index contributed by atoms with van der Waals surface area (Å²) in [5.74, 6) is 1.05. The second kappa shape index (κ2) is 6.25. The Balaban J connectivity index is 2.26. The lowest BCUT2D eigenvalue weighted by Gasteiger charge is -2.13. The van der Waals surface area contributed by atoms with Crippen LogP contribution in [0.1, 0.15) is 19.7 Å². The first-order chi connectivity index (χ1) is 9.99. The largest absolute Gasteiger partial charge is 0.484 e. The summed E-state index contributed by atoms with van der Waals surface area (Å²) in [5.41, 5.74) is 0.363. The molecule has 112 valence electrons. The highest BCUT2D eigenvalue weighted by atomic mass is 16.6. The second-order valence-corrected chi connectivity index (χ2v) is 4.88. The molecule has 0 aliphatic rings. The van der Waals surface area contributed by atoms with E-state index >= 15 is 0 Å². The Labute approximate surface area is 122 Å². The van der Waals surface area contributed by atoms with E-state index in [4.69, 9.17) is 4.74 Å². The maximum Gasteiger partial charge on any atom is 0.333 e. The number of hydrogen-bond acceptors (Lipinski definition) is 5. The topological polar surface area (TPSA) is 82.2 Å². The molecule has 1 N–H and O–H groups in total. The molecule has 0 saturated heterocycles. The van der Waals surface area contributed by atoms with Crippen molar-refractivity contribution in [2.75, 3.05) is 5.32 Å². The molecule has 0 bridgehead atoms. The van der Waals surface area contributed by atoms with Crippen molar-refractivity contribution in [2.24, 2.45) is 7.05 Å². The predicted octanol–water partition coefficient (Wildman–Crippen LogP) is 2.73. The zero-order chi connectivity index (χ0) is 15.4. The minimum absolute atomic E-state index is 0.0552. The van der Waals surface area contributed by atoms with Gasteiger partial charge in [0.25, 0.3) is 0 Å².